The van der Waals surface area contributed by atoms with Crippen molar-refractivity contribution >= 4 is 34.1 Å². The zero-order valence-electron chi connectivity index (χ0n) is 18.5. The van der Waals surface area contributed by atoms with Crippen molar-refractivity contribution in [3.05, 3.63) is 64.8 Å². The highest BCUT2D eigenvalue weighted by Gasteiger charge is 2.22. The third kappa shape index (κ3) is 4.77. The molecule has 2 heterocycles. The van der Waals surface area contributed by atoms with Gasteiger partial charge in [-0.15, -0.1) is 0 Å². The summed E-state index contributed by atoms with van der Waals surface area (Å²) < 4.78 is 1.92. The lowest BCUT2D eigenvalue weighted by molar-refractivity contribution is 0.0952. The van der Waals surface area contributed by atoms with E-state index in [9.17, 15) is 9.90 Å². The Morgan fingerprint density at radius 1 is 1.12 bits per heavy atom. The second-order valence-corrected chi connectivity index (χ2v) is 8.82. The minimum atomic E-state index is -0.476. The van der Waals surface area contributed by atoms with Crippen molar-refractivity contribution < 1.29 is 9.90 Å². The van der Waals surface area contributed by atoms with Crippen LogP contribution in [0.15, 0.2) is 48.5 Å². The summed E-state index contributed by atoms with van der Waals surface area (Å²) in [5.41, 5.74) is 9.31. The average Bonchev–Trinajstić information content (AvgIpc) is 3.17. The molecule has 7 heteroatoms. The number of β-amino-alcohol motifs (C(OH)–C–C–N with tert-alkyl or cyclic N) is 1. The zero-order valence-corrected chi connectivity index (χ0v) is 19.3. The van der Waals surface area contributed by atoms with Gasteiger partial charge in [-0.2, -0.15) is 0 Å². The van der Waals surface area contributed by atoms with Crippen molar-refractivity contribution in [3.8, 4) is 0 Å². The van der Waals surface area contributed by atoms with Gasteiger partial charge in [-0.3, -0.25) is 9.69 Å². The molecule has 0 saturated carbocycles. The summed E-state index contributed by atoms with van der Waals surface area (Å²) in [6.45, 7) is 6.80. The number of amides is 1. The third-order valence-corrected chi connectivity index (χ3v) is 6.81. The minimum absolute atomic E-state index is 0.447. The van der Waals surface area contributed by atoms with Gasteiger partial charge in [-0.1, -0.05) is 48.9 Å². The molecule has 1 aromatic heterocycles. The van der Waals surface area contributed by atoms with Gasteiger partial charge in [0.2, 0.25) is 0 Å². The van der Waals surface area contributed by atoms with Crippen molar-refractivity contribution in [2.24, 2.45) is 5.73 Å². The number of hydrogen-bond acceptors (Lipinski definition) is 4. The molecular formula is C25H31ClN4O2. The number of aliphatic hydroxyl groups is 1. The molecule has 3 aromatic rings. The van der Waals surface area contributed by atoms with Crippen LogP contribution in [0.2, 0.25) is 5.02 Å². The van der Waals surface area contributed by atoms with Crippen LogP contribution in [-0.2, 0) is 13.0 Å². The van der Waals surface area contributed by atoms with E-state index in [2.05, 4.69) is 34.9 Å². The average molecular weight is 455 g/mol. The van der Waals surface area contributed by atoms with E-state index in [1.807, 2.05) is 34.9 Å². The number of rotatable bonds is 8. The fourth-order valence-corrected chi connectivity index (χ4v) is 4.96. The molecule has 1 saturated heterocycles. The fraction of sp³-hybridized carbons (Fsp3) is 0.400. The lowest BCUT2D eigenvalue weighted by Crippen LogP contribution is -2.48. The van der Waals surface area contributed by atoms with Gasteiger partial charge in [-0.25, -0.2) is 0 Å². The number of primary amides is 1. The van der Waals surface area contributed by atoms with Gasteiger partial charge in [0.05, 0.1) is 16.8 Å². The van der Waals surface area contributed by atoms with Gasteiger partial charge >= 0.3 is 0 Å². The number of para-hydroxylation sites is 1. The Labute approximate surface area is 194 Å². The van der Waals surface area contributed by atoms with Gasteiger partial charge in [-0.05, 0) is 36.6 Å². The van der Waals surface area contributed by atoms with E-state index < -0.39 is 12.0 Å². The lowest BCUT2D eigenvalue weighted by Gasteiger charge is -2.37. The number of benzene rings is 2. The van der Waals surface area contributed by atoms with E-state index in [-0.39, 0.29) is 0 Å². The zero-order chi connectivity index (χ0) is 22.7. The van der Waals surface area contributed by atoms with Crippen molar-refractivity contribution in [2.75, 3.05) is 37.6 Å². The first-order valence-corrected chi connectivity index (χ1v) is 11.7. The molecule has 4 rings (SSSR count). The van der Waals surface area contributed by atoms with Crippen molar-refractivity contribution in [1.82, 2.24) is 9.47 Å². The number of carbonyl (C=O) groups is 1. The molecule has 1 atom stereocenters. The number of anilines is 1. The molecule has 6 nitrogen and oxygen atoms in total. The standard InChI is InChI=1S/C25H31ClN4O2/c1-2-18-7-5-9-22(24(18)26)29-14-12-28(13-15-29)17-20(31)10-11-30-21-8-4-3-6-19(21)16-23(30)25(27)32/h3-9,16,20,31H,2,10-15,17H2,1H3,(H2,27,32)/t20-/m0/s1. The van der Waals surface area contributed by atoms with E-state index in [0.717, 1.165) is 54.2 Å². The van der Waals surface area contributed by atoms with Crippen LogP contribution in [0.4, 0.5) is 5.69 Å². The summed E-state index contributed by atoms with van der Waals surface area (Å²) >= 11 is 6.60. The lowest BCUT2D eigenvalue weighted by atomic mass is 10.1. The highest BCUT2D eigenvalue weighted by molar-refractivity contribution is 6.34. The monoisotopic (exact) mass is 454 g/mol. The number of piperazine rings is 1. The van der Waals surface area contributed by atoms with Gasteiger partial charge in [0.1, 0.15) is 5.69 Å². The number of nitrogens with zero attached hydrogens (tertiary/aromatic N) is 3. The van der Waals surface area contributed by atoms with Crippen molar-refractivity contribution in [1.29, 1.82) is 0 Å². The van der Waals surface area contributed by atoms with Gasteiger partial charge in [0.15, 0.2) is 0 Å². The molecule has 1 aliphatic rings. The van der Waals surface area contributed by atoms with Crippen LogP contribution in [-0.4, -0.2) is 59.3 Å². The van der Waals surface area contributed by atoms with Gasteiger partial charge in [0.25, 0.3) is 5.91 Å². The molecule has 3 N–H and O–H groups in total. The molecule has 0 spiro atoms. The quantitative estimate of drug-likeness (QED) is 0.546. The highest BCUT2D eigenvalue weighted by Crippen LogP contribution is 2.30. The van der Waals surface area contributed by atoms with E-state index in [0.29, 0.717) is 25.2 Å². The largest absolute Gasteiger partial charge is 0.392 e. The van der Waals surface area contributed by atoms with E-state index in [4.69, 9.17) is 17.3 Å². The van der Waals surface area contributed by atoms with Crippen LogP contribution >= 0.6 is 11.6 Å². The summed E-state index contributed by atoms with van der Waals surface area (Å²) in [6, 6.07) is 15.9. The van der Waals surface area contributed by atoms with Crippen LogP contribution in [0.5, 0.6) is 0 Å². The van der Waals surface area contributed by atoms with Crippen LogP contribution in [0.25, 0.3) is 10.9 Å². The Hall–Kier alpha value is -2.54. The number of hydrogen-bond donors (Lipinski definition) is 2. The normalized spacial score (nSPS) is 15.9. The van der Waals surface area contributed by atoms with Gasteiger partial charge in [0, 0.05) is 50.2 Å². The molecule has 2 aromatic carbocycles. The van der Waals surface area contributed by atoms with E-state index in [1.54, 1.807) is 0 Å². The number of carbonyl (C=O) groups excluding carboxylic acids is 1. The molecule has 0 radical (unpaired) electrons. The number of aliphatic hydroxyl groups excluding tert-OH is 1. The van der Waals surface area contributed by atoms with Crippen molar-refractivity contribution in [2.45, 2.75) is 32.4 Å². The molecule has 0 unspecified atom stereocenters. The molecule has 1 fully saturated rings. The smallest absolute Gasteiger partial charge is 0.265 e. The Bertz CT molecular complexity index is 1090. The first-order valence-electron chi connectivity index (χ1n) is 11.3. The summed E-state index contributed by atoms with van der Waals surface area (Å²) in [4.78, 5) is 16.5. The topological polar surface area (TPSA) is 74.7 Å². The number of aryl methyl sites for hydroxylation is 2. The molecule has 1 amide bonds. The summed E-state index contributed by atoms with van der Waals surface area (Å²) in [5, 5.41) is 12.5. The van der Waals surface area contributed by atoms with Crippen LogP contribution in [0, 0.1) is 0 Å². The van der Waals surface area contributed by atoms with Crippen molar-refractivity contribution in [3.63, 3.8) is 0 Å². The second-order valence-electron chi connectivity index (χ2n) is 8.44. The Kier molecular flexibility index (Phi) is 7.04. The fourth-order valence-electron chi connectivity index (χ4n) is 4.58. The number of aromatic nitrogens is 1. The Balaban J connectivity index is 1.33. The maximum absolute atomic E-state index is 11.9. The predicted molar refractivity (Wildman–Crippen MR) is 131 cm³/mol. The molecule has 1 aliphatic heterocycles. The molecular weight excluding hydrogens is 424 g/mol. The summed E-state index contributed by atoms with van der Waals surface area (Å²) in [6.07, 6.45) is 1.01. The third-order valence-electron chi connectivity index (χ3n) is 6.37. The number of halogens is 1. The molecule has 32 heavy (non-hydrogen) atoms. The van der Waals surface area contributed by atoms with Crippen LogP contribution in [0.1, 0.15) is 29.4 Å². The number of fused-ring (bicyclic) bond motifs is 1. The van der Waals surface area contributed by atoms with E-state index in [1.165, 1.54) is 5.56 Å². The molecule has 0 aliphatic carbocycles. The number of nitrogens with two attached hydrogens (primary N) is 1. The predicted octanol–water partition coefficient (Wildman–Crippen LogP) is 3.53. The highest BCUT2D eigenvalue weighted by atomic mass is 35.5. The Morgan fingerprint density at radius 3 is 2.59 bits per heavy atom. The molecule has 170 valence electrons. The Morgan fingerprint density at radius 2 is 1.88 bits per heavy atom. The maximum Gasteiger partial charge on any atom is 0.265 e. The summed E-state index contributed by atoms with van der Waals surface area (Å²) in [7, 11) is 0. The second kappa shape index (κ2) is 9.94. The molecule has 0 bridgehead atoms. The van der Waals surface area contributed by atoms with E-state index >= 15 is 0 Å². The minimum Gasteiger partial charge on any atom is -0.392 e. The van der Waals surface area contributed by atoms with Gasteiger partial charge < -0.3 is 20.3 Å². The maximum atomic E-state index is 11.9. The SMILES string of the molecule is CCc1cccc(N2CCN(C[C@@H](O)CCn3c(C(N)=O)cc4ccccc43)CC2)c1Cl. The van der Waals surface area contributed by atoms with Crippen LogP contribution in [0.3, 0.4) is 0 Å². The summed E-state index contributed by atoms with van der Waals surface area (Å²) in [5.74, 6) is -0.447. The first-order chi connectivity index (χ1) is 15.5. The van der Waals surface area contributed by atoms with Crippen LogP contribution < -0.4 is 10.6 Å². The first kappa shape index (κ1) is 22.6.